The van der Waals surface area contributed by atoms with E-state index in [9.17, 15) is 4.79 Å². The Morgan fingerprint density at radius 1 is 1.32 bits per heavy atom. The fourth-order valence-electron chi connectivity index (χ4n) is 3.97. The number of hydrogen-bond donors (Lipinski definition) is 2. The van der Waals surface area contributed by atoms with Gasteiger partial charge >= 0.3 is 0 Å². The summed E-state index contributed by atoms with van der Waals surface area (Å²) < 4.78 is 0. The molecule has 1 aromatic carbocycles. The Morgan fingerprint density at radius 2 is 2.18 bits per heavy atom. The number of carbonyl (C=O) groups excluding carboxylic acids is 1. The largest absolute Gasteiger partial charge is 0.370 e. The van der Waals surface area contributed by atoms with Gasteiger partial charge in [0.05, 0.1) is 0 Å². The molecule has 0 aliphatic carbocycles. The van der Waals surface area contributed by atoms with Crippen LogP contribution in [0.4, 0.5) is 5.82 Å². The number of benzene rings is 1. The summed E-state index contributed by atoms with van der Waals surface area (Å²) in [6.45, 7) is 6.40. The van der Waals surface area contributed by atoms with Crippen LogP contribution in [0, 0.1) is 12.8 Å². The van der Waals surface area contributed by atoms with Crippen molar-refractivity contribution >= 4 is 22.6 Å². The second kappa shape index (κ2) is 8.00. The summed E-state index contributed by atoms with van der Waals surface area (Å²) in [6, 6.07) is 10.1. The number of anilines is 1. The summed E-state index contributed by atoms with van der Waals surface area (Å²) in [7, 11) is 0. The second-order valence-electron chi connectivity index (χ2n) is 7.72. The quantitative estimate of drug-likeness (QED) is 0.709. The third-order valence-electron chi connectivity index (χ3n) is 5.38. The van der Waals surface area contributed by atoms with Crippen LogP contribution in [0.5, 0.6) is 0 Å². The molecule has 4 rings (SSSR count). The Balaban J connectivity index is 1.43. The van der Waals surface area contributed by atoms with Crippen molar-refractivity contribution in [2.24, 2.45) is 5.92 Å². The number of rotatable bonds is 5. The molecule has 0 bridgehead atoms. The Kier molecular flexibility index (Phi) is 5.28. The highest BCUT2D eigenvalue weighted by Gasteiger charge is 2.23. The number of para-hydroxylation sites is 1. The van der Waals surface area contributed by atoms with Crippen molar-refractivity contribution in [3.63, 3.8) is 0 Å². The maximum absolute atomic E-state index is 12.9. The molecule has 1 aliphatic heterocycles. The molecule has 1 amide bonds. The first-order chi connectivity index (χ1) is 13.6. The van der Waals surface area contributed by atoms with Crippen molar-refractivity contribution in [3.05, 3.63) is 53.6 Å². The number of likely N-dealkylation sites (tertiary alicyclic amines) is 1. The number of aryl methyl sites for hydroxylation is 1. The minimum absolute atomic E-state index is 0.0109. The lowest BCUT2D eigenvalue weighted by molar-refractivity contribution is 0.0676. The molecule has 0 saturated carbocycles. The molecule has 6 nitrogen and oxygen atoms in total. The number of hydrogen-bond acceptors (Lipinski definition) is 4. The Labute approximate surface area is 165 Å². The van der Waals surface area contributed by atoms with E-state index in [0.717, 1.165) is 38.0 Å². The SMILES string of the molecule is Cc1nc(NCCc2c[nH]c3ccccc23)cc(C(=O)N2CCCC(C)C2)n1. The molecule has 1 fully saturated rings. The highest BCUT2D eigenvalue weighted by atomic mass is 16.2. The van der Waals surface area contributed by atoms with Crippen LogP contribution in [0.3, 0.4) is 0 Å². The molecule has 2 aromatic heterocycles. The summed E-state index contributed by atoms with van der Waals surface area (Å²) in [5.74, 6) is 1.89. The minimum Gasteiger partial charge on any atom is -0.370 e. The highest BCUT2D eigenvalue weighted by molar-refractivity contribution is 5.93. The number of H-pyrrole nitrogens is 1. The molecule has 0 spiro atoms. The smallest absolute Gasteiger partial charge is 0.272 e. The average Bonchev–Trinajstić information content (AvgIpc) is 3.10. The first kappa shape index (κ1) is 18.5. The van der Waals surface area contributed by atoms with Gasteiger partial charge in [0.15, 0.2) is 0 Å². The molecule has 28 heavy (non-hydrogen) atoms. The van der Waals surface area contributed by atoms with E-state index in [4.69, 9.17) is 0 Å². The van der Waals surface area contributed by atoms with Gasteiger partial charge in [-0.3, -0.25) is 4.79 Å². The second-order valence-corrected chi connectivity index (χ2v) is 7.72. The summed E-state index contributed by atoms with van der Waals surface area (Å²) in [6.07, 6.45) is 5.18. The number of amides is 1. The lowest BCUT2D eigenvalue weighted by atomic mass is 10.00. The Hall–Kier alpha value is -2.89. The monoisotopic (exact) mass is 377 g/mol. The van der Waals surface area contributed by atoms with Gasteiger partial charge in [-0.2, -0.15) is 0 Å². The van der Waals surface area contributed by atoms with E-state index < -0.39 is 0 Å². The van der Waals surface area contributed by atoms with Crippen LogP contribution in [-0.4, -0.2) is 45.4 Å². The Bertz CT molecular complexity index is 980. The topological polar surface area (TPSA) is 73.9 Å². The number of nitrogens with zero attached hydrogens (tertiary/aromatic N) is 3. The minimum atomic E-state index is 0.0109. The van der Waals surface area contributed by atoms with Crippen LogP contribution < -0.4 is 5.32 Å². The predicted molar refractivity (Wildman–Crippen MR) is 112 cm³/mol. The fraction of sp³-hybridized carbons (Fsp3) is 0.409. The van der Waals surface area contributed by atoms with Crippen LogP contribution in [0.1, 0.15) is 41.6 Å². The predicted octanol–water partition coefficient (Wildman–Crippen LogP) is 3.79. The van der Waals surface area contributed by atoms with E-state index >= 15 is 0 Å². The molecular weight excluding hydrogens is 350 g/mol. The number of carbonyl (C=O) groups is 1. The van der Waals surface area contributed by atoms with Crippen molar-refractivity contribution in [1.82, 2.24) is 19.9 Å². The van der Waals surface area contributed by atoms with Crippen molar-refractivity contribution in [3.8, 4) is 0 Å². The lowest BCUT2D eigenvalue weighted by Gasteiger charge is -2.30. The van der Waals surface area contributed by atoms with E-state index in [1.54, 1.807) is 6.07 Å². The molecule has 2 N–H and O–H groups in total. The van der Waals surface area contributed by atoms with Crippen LogP contribution in [-0.2, 0) is 6.42 Å². The van der Waals surface area contributed by atoms with Crippen molar-refractivity contribution < 1.29 is 4.79 Å². The number of aromatic nitrogens is 3. The first-order valence-electron chi connectivity index (χ1n) is 10.0. The highest BCUT2D eigenvalue weighted by Crippen LogP contribution is 2.20. The van der Waals surface area contributed by atoms with Gasteiger partial charge < -0.3 is 15.2 Å². The fourth-order valence-corrected chi connectivity index (χ4v) is 3.97. The summed E-state index contributed by atoms with van der Waals surface area (Å²) in [5.41, 5.74) is 2.91. The van der Waals surface area contributed by atoms with Gasteiger partial charge in [0.2, 0.25) is 0 Å². The van der Waals surface area contributed by atoms with Gasteiger partial charge in [0.1, 0.15) is 17.3 Å². The standard InChI is InChI=1S/C22H27N5O/c1-15-6-5-11-27(14-15)22(28)20-12-21(26-16(2)25-20)23-10-9-17-13-24-19-8-4-3-7-18(17)19/h3-4,7-8,12-13,15,24H,5-6,9-11,14H2,1-2H3,(H,23,25,26). The third-order valence-corrected chi connectivity index (χ3v) is 5.38. The molecule has 1 unspecified atom stereocenters. The maximum atomic E-state index is 12.9. The van der Waals surface area contributed by atoms with E-state index in [2.05, 4.69) is 51.6 Å². The molecule has 1 saturated heterocycles. The third kappa shape index (κ3) is 4.01. The average molecular weight is 377 g/mol. The van der Waals surface area contributed by atoms with Crippen molar-refractivity contribution in [2.75, 3.05) is 25.0 Å². The van der Waals surface area contributed by atoms with E-state index in [-0.39, 0.29) is 5.91 Å². The van der Waals surface area contributed by atoms with Crippen LogP contribution >= 0.6 is 0 Å². The molecule has 0 radical (unpaired) electrons. The first-order valence-corrected chi connectivity index (χ1v) is 10.0. The van der Waals surface area contributed by atoms with Gasteiger partial charge in [-0.25, -0.2) is 9.97 Å². The van der Waals surface area contributed by atoms with E-state index in [0.29, 0.717) is 23.3 Å². The summed E-state index contributed by atoms with van der Waals surface area (Å²) in [4.78, 5) is 26.9. The summed E-state index contributed by atoms with van der Waals surface area (Å²) >= 11 is 0. The lowest BCUT2D eigenvalue weighted by Crippen LogP contribution is -2.39. The van der Waals surface area contributed by atoms with Gasteiger partial charge in [0, 0.05) is 42.8 Å². The zero-order valence-electron chi connectivity index (χ0n) is 16.5. The van der Waals surface area contributed by atoms with Gasteiger partial charge in [-0.1, -0.05) is 25.1 Å². The number of aromatic amines is 1. The zero-order chi connectivity index (χ0) is 19.5. The van der Waals surface area contributed by atoms with Crippen LogP contribution in [0.2, 0.25) is 0 Å². The molecule has 6 heteroatoms. The summed E-state index contributed by atoms with van der Waals surface area (Å²) in [5, 5.41) is 4.61. The van der Waals surface area contributed by atoms with Crippen LogP contribution in [0.15, 0.2) is 36.5 Å². The molecule has 1 atom stereocenters. The Morgan fingerprint density at radius 3 is 3.04 bits per heavy atom. The van der Waals surface area contributed by atoms with E-state index in [1.807, 2.05) is 17.9 Å². The normalized spacial score (nSPS) is 17.1. The molecule has 146 valence electrons. The van der Waals surface area contributed by atoms with E-state index in [1.165, 1.54) is 17.4 Å². The van der Waals surface area contributed by atoms with Gasteiger partial charge in [-0.05, 0) is 43.7 Å². The van der Waals surface area contributed by atoms with Gasteiger partial charge in [-0.15, -0.1) is 0 Å². The maximum Gasteiger partial charge on any atom is 0.272 e. The number of fused-ring (bicyclic) bond motifs is 1. The van der Waals surface area contributed by atoms with Crippen molar-refractivity contribution in [1.29, 1.82) is 0 Å². The zero-order valence-corrected chi connectivity index (χ0v) is 16.5. The van der Waals surface area contributed by atoms with Crippen LogP contribution in [0.25, 0.3) is 10.9 Å². The van der Waals surface area contributed by atoms with Gasteiger partial charge in [0.25, 0.3) is 5.91 Å². The molecular formula is C22H27N5O. The molecule has 3 aromatic rings. The molecule has 1 aliphatic rings. The number of piperidine rings is 1. The number of nitrogens with one attached hydrogen (secondary N) is 2. The van der Waals surface area contributed by atoms with Crippen molar-refractivity contribution in [2.45, 2.75) is 33.1 Å². The molecule has 3 heterocycles.